The highest BCUT2D eigenvalue weighted by molar-refractivity contribution is 7.22. The smallest absolute Gasteiger partial charge is 0.219 e. The van der Waals surface area contributed by atoms with Crippen LogP contribution in [0.3, 0.4) is 0 Å². The van der Waals surface area contributed by atoms with Crippen molar-refractivity contribution in [2.24, 2.45) is 5.92 Å². The van der Waals surface area contributed by atoms with Crippen molar-refractivity contribution in [2.75, 3.05) is 33.2 Å². The molecule has 0 spiro atoms. The highest BCUT2D eigenvalue weighted by atomic mass is 32.1. The normalized spacial score (nSPS) is 16.4. The first-order valence-corrected chi connectivity index (χ1v) is 15.6. The first kappa shape index (κ1) is 29.3. The molecule has 3 aromatic heterocycles. The summed E-state index contributed by atoms with van der Waals surface area (Å²) >= 11 is 1.51. The van der Waals surface area contributed by atoms with Gasteiger partial charge in [0.1, 0.15) is 11.5 Å². The van der Waals surface area contributed by atoms with Crippen molar-refractivity contribution < 1.29 is 18.7 Å². The number of rotatable bonds is 10. The van der Waals surface area contributed by atoms with Crippen LogP contribution in [0.4, 0.5) is 4.39 Å². The molecule has 2 aliphatic rings. The number of ether oxygens (including phenoxy) is 1. The van der Waals surface area contributed by atoms with Crippen LogP contribution in [-0.2, 0) is 22.6 Å². The van der Waals surface area contributed by atoms with E-state index in [1.54, 1.807) is 29.3 Å². The Morgan fingerprint density at radius 3 is 2.53 bits per heavy atom. The number of thiophene rings is 1. The summed E-state index contributed by atoms with van der Waals surface area (Å²) in [6.07, 6.45) is 6.48. The molecular weight excluding hydrogens is 565 g/mol. The summed E-state index contributed by atoms with van der Waals surface area (Å²) in [5.74, 6) is 0.350. The second-order valence-corrected chi connectivity index (χ2v) is 12.7. The van der Waals surface area contributed by atoms with Crippen LogP contribution in [0.15, 0.2) is 54.9 Å². The number of aromatic nitrogens is 2. The summed E-state index contributed by atoms with van der Waals surface area (Å²) in [5.41, 5.74) is 3.42. The van der Waals surface area contributed by atoms with Gasteiger partial charge in [-0.3, -0.25) is 24.5 Å². The number of piperidine rings is 1. The molecule has 6 rings (SSSR count). The Morgan fingerprint density at radius 1 is 1.05 bits per heavy atom. The van der Waals surface area contributed by atoms with Crippen molar-refractivity contribution in [2.45, 2.75) is 45.2 Å². The van der Waals surface area contributed by atoms with E-state index in [1.807, 2.05) is 25.4 Å². The average molecular weight is 602 g/mol. The number of Topliss-reactive ketones (excluding diaryl/α,β-unsaturated/α-hetero) is 1. The Bertz CT molecular complexity index is 1610. The molecule has 2 aliphatic heterocycles. The van der Waals surface area contributed by atoms with Crippen LogP contribution in [0, 0.1) is 11.7 Å². The average Bonchev–Trinajstić information content (AvgIpc) is 3.42. The summed E-state index contributed by atoms with van der Waals surface area (Å²) in [7, 11) is 2.03. The van der Waals surface area contributed by atoms with Crippen molar-refractivity contribution in [3.63, 3.8) is 0 Å². The lowest BCUT2D eigenvalue weighted by atomic mass is 9.92. The second-order valence-electron chi connectivity index (χ2n) is 11.6. The van der Waals surface area contributed by atoms with Gasteiger partial charge < -0.3 is 15.0 Å². The van der Waals surface area contributed by atoms with Crippen LogP contribution in [0.5, 0.6) is 11.5 Å². The molecule has 10 heteroatoms. The van der Waals surface area contributed by atoms with Crippen LogP contribution < -0.4 is 10.1 Å². The van der Waals surface area contributed by atoms with Gasteiger partial charge in [-0.2, -0.15) is 0 Å². The monoisotopic (exact) mass is 601 g/mol. The number of ketones is 1. The molecule has 0 bridgehead atoms. The van der Waals surface area contributed by atoms with Crippen LogP contribution in [-0.4, -0.2) is 70.7 Å². The van der Waals surface area contributed by atoms with Crippen LogP contribution in [0.25, 0.3) is 20.8 Å². The number of hydrogen-bond donors (Lipinski definition) is 1. The molecule has 0 aliphatic carbocycles. The third-order valence-corrected chi connectivity index (χ3v) is 9.55. The van der Waals surface area contributed by atoms with E-state index in [9.17, 15) is 9.59 Å². The molecule has 4 aromatic rings. The van der Waals surface area contributed by atoms with E-state index in [4.69, 9.17) is 9.72 Å². The lowest BCUT2D eigenvalue weighted by Crippen LogP contribution is -2.49. The third kappa shape index (κ3) is 6.92. The Kier molecular flexibility index (Phi) is 8.78. The van der Waals surface area contributed by atoms with Crippen molar-refractivity contribution in [3.05, 3.63) is 71.8 Å². The molecule has 0 atom stereocenters. The van der Waals surface area contributed by atoms with Gasteiger partial charge in [-0.05, 0) is 68.4 Å². The van der Waals surface area contributed by atoms with E-state index in [-0.39, 0.29) is 29.8 Å². The van der Waals surface area contributed by atoms with Gasteiger partial charge in [-0.25, -0.2) is 4.39 Å². The van der Waals surface area contributed by atoms with E-state index in [0.717, 1.165) is 40.4 Å². The van der Waals surface area contributed by atoms with Gasteiger partial charge in [0, 0.05) is 69.8 Å². The van der Waals surface area contributed by atoms with E-state index >= 15 is 4.39 Å². The number of benzene rings is 1. The maximum absolute atomic E-state index is 15.1. The van der Waals surface area contributed by atoms with Crippen LogP contribution >= 0.6 is 11.3 Å². The summed E-state index contributed by atoms with van der Waals surface area (Å²) in [4.78, 5) is 38.2. The van der Waals surface area contributed by atoms with Gasteiger partial charge in [0.15, 0.2) is 11.6 Å². The van der Waals surface area contributed by atoms with E-state index < -0.39 is 5.82 Å². The molecule has 1 aromatic carbocycles. The summed E-state index contributed by atoms with van der Waals surface area (Å²) in [5, 5.41) is 3.37. The van der Waals surface area contributed by atoms with Crippen molar-refractivity contribution in [3.8, 4) is 22.1 Å². The van der Waals surface area contributed by atoms with Crippen LogP contribution in [0.1, 0.15) is 37.3 Å². The number of pyridine rings is 2. The number of halogens is 1. The fourth-order valence-corrected chi connectivity index (χ4v) is 6.90. The van der Waals surface area contributed by atoms with Crippen molar-refractivity contribution >= 4 is 33.2 Å². The van der Waals surface area contributed by atoms with Gasteiger partial charge in [-0.1, -0.05) is 12.1 Å². The standard InChI is InChI=1S/C33H36FN5O3S/c1-21(40)39-19-24(20-39)14-26(41)13-22-4-6-30(27(34)15-22)42-31-7-10-36-29-16-32(43-33(29)31)28-5-3-23(17-37-28)18-38-11-8-25(35-2)9-12-38/h3-7,10,15-17,24-25,35H,8-9,11-14,18-20H2,1-2H3. The summed E-state index contributed by atoms with van der Waals surface area (Å²) in [6, 6.07) is 13.2. The SMILES string of the molecule is CNC1CCN(Cc2ccc(-c3cc4nccc(Oc5ccc(CC(=O)CC6CN(C(C)=O)C6)cc5F)c4s3)nc2)CC1. The zero-order valence-electron chi connectivity index (χ0n) is 24.5. The number of carbonyl (C=O) groups excluding carboxylic acids is 2. The van der Waals surface area contributed by atoms with Gasteiger partial charge in [0.25, 0.3) is 0 Å². The fourth-order valence-electron chi connectivity index (χ4n) is 5.86. The molecule has 0 radical (unpaired) electrons. The Balaban J connectivity index is 1.09. The number of nitrogens with zero attached hydrogens (tertiary/aromatic N) is 4. The highest BCUT2D eigenvalue weighted by Crippen LogP contribution is 2.39. The van der Waals surface area contributed by atoms with Gasteiger partial charge >= 0.3 is 0 Å². The number of hydrogen-bond acceptors (Lipinski definition) is 8. The highest BCUT2D eigenvalue weighted by Gasteiger charge is 2.30. The van der Waals surface area contributed by atoms with E-state index in [1.165, 1.54) is 42.7 Å². The summed E-state index contributed by atoms with van der Waals surface area (Å²) in [6.45, 7) is 5.83. The van der Waals surface area contributed by atoms with Crippen LogP contribution in [0.2, 0.25) is 0 Å². The Hall–Kier alpha value is -3.73. The predicted molar refractivity (Wildman–Crippen MR) is 166 cm³/mol. The molecule has 1 N–H and O–H groups in total. The minimum Gasteiger partial charge on any atom is -0.453 e. The maximum atomic E-state index is 15.1. The third-order valence-electron chi connectivity index (χ3n) is 8.39. The number of carbonyl (C=O) groups is 2. The topological polar surface area (TPSA) is 87.7 Å². The molecule has 0 saturated carbocycles. The second kappa shape index (κ2) is 12.9. The van der Waals surface area contributed by atoms with Crippen molar-refractivity contribution in [1.82, 2.24) is 25.1 Å². The zero-order chi connectivity index (χ0) is 29.9. The Morgan fingerprint density at radius 2 is 1.84 bits per heavy atom. The first-order chi connectivity index (χ1) is 20.8. The minimum atomic E-state index is -0.522. The molecule has 2 fully saturated rings. The fraction of sp³-hybridized carbons (Fsp3) is 0.394. The van der Waals surface area contributed by atoms with Crippen molar-refractivity contribution in [1.29, 1.82) is 0 Å². The van der Waals surface area contributed by atoms with E-state index in [2.05, 4.69) is 21.3 Å². The number of nitrogens with one attached hydrogen (secondary N) is 1. The van der Waals surface area contributed by atoms with E-state index in [0.29, 0.717) is 36.9 Å². The molecule has 8 nitrogen and oxygen atoms in total. The molecular formula is C33H36FN5O3S. The molecule has 0 unspecified atom stereocenters. The molecule has 224 valence electrons. The number of amides is 1. The first-order valence-electron chi connectivity index (χ1n) is 14.8. The van der Waals surface area contributed by atoms with Gasteiger partial charge in [-0.15, -0.1) is 11.3 Å². The predicted octanol–water partition coefficient (Wildman–Crippen LogP) is 5.45. The Labute approximate surface area is 254 Å². The molecule has 1 amide bonds. The lowest BCUT2D eigenvalue weighted by molar-refractivity contribution is -0.137. The maximum Gasteiger partial charge on any atom is 0.219 e. The number of fused-ring (bicyclic) bond motifs is 1. The largest absolute Gasteiger partial charge is 0.453 e. The van der Waals surface area contributed by atoms with Gasteiger partial charge in [0.2, 0.25) is 5.91 Å². The lowest BCUT2D eigenvalue weighted by Gasteiger charge is -2.38. The minimum absolute atomic E-state index is 0.0314. The quantitative estimate of drug-likeness (QED) is 0.259. The zero-order valence-corrected chi connectivity index (χ0v) is 25.3. The molecule has 2 saturated heterocycles. The molecule has 5 heterocycles. The number of likely N-dealkylation sites (tertiary alicyclic amines) is 2. The van der Waals surface area contributed by atoms with Gasteiger partial charge in [0.05, 0.1) is 20.8 Å². The summed E-state index contributed by atoms with van der Waals surface area (Å²) < 4.78 is 21.9. The molecule has 43 heavy (non-hydrogen) atoms.